The highest BCUT2D eigenvalue weighted by molar-refractivity contribution is 5.86. The average Bonchev–Trinajstić information content (AvgIpc) is 3.38. The maximum absolute atomic E-state index is 13.9. The number of aromatic nitrogens is 5. The molecule has 0 aliphatic heterocycles. The van der Waals surface area contributed by atoms with Gasteiger partial charge in [0.25, 0.3) is 5.56 Å². The van der Waals surface area contributed by atoms with Crippen LogP contribution >= 0.6 is 0 Å². The molecule has 0 aliphatic carbocycles. The number of carbonyl (C=O) groups is 1. The molecule has 3 heterocycles. The zero-order valence-corrected chi connectivity index (χ0v) is 17.6. The summed E-state index contributed by atoms with van der Waals surface area (Å²) < 4.78 is 27.6. The number of rotatable bonds is 6. The van der Waals surface area contributed by atoms with Crippen molar-refractivity contribution >= 4 is 17.1 Å². The quantitative estimate of drug-likeness (QED) is 0.420. The lowest BCUT2D eigenvalue weighted by atomic mass is 10.2. The second kappa shape index (κ2) is 8.25. The number of oxazole rings is 1. The Bertz CT molecular complexity index is 1430. The predicted molar refractivity (Wildman–Crippen MR) is 111 cm³/mol. The van der Waals surface area contributed by atoms with Crippen molar-refractivity contribution in [2.45, 2.75) is 26.9 Å². The Kier molecular flexibility index (Phi) is 5.47. The van der Waals surface area contributed by atoms with Gasteiger partial charge in [-0.05, 0) is 24.1 Å². The van der Waals surface area contributed by atoms with Crippen LogP contribution in [-0.2, 0) is 17.8 Å². The largest absolute Gasteiger partial charge is 0.464 e. The van der Waals surface area contributed by atoms with Crippen LogP contribution in [0.25, 0.3) is 16.9 Å². The van der Waals surface area contributed by atoms with Crippen LogP contribution in [0.15, 0.2) is 50.9 Å². The van der Waals surface area contributed by atoms with Crippen molar-refractivity contribution in [3.8, 4) is 5.69 Å². The number of imidazole rings is 1. The van der Waals surface area contributed by atoms with Crippen molar-refractivity contribution in [2.24, 2.45) is 5.92 Å². The number of halogens is 1. The van der Waals surface area contributed by atoms with Crippen LogP contribution in [0.1, 0.15) is 30.2 Å². The van der Waals surface area contributed by atoms with Crippen LogP contribution in [0.2, 0.25) is 0 Å². The smallest absolute Gasteiger partial charge is 0.360 e. The Balaban J connectivity index is 1.92. The van der Waals surface area contributed by atoms with Gasteiger partial charge in [0.15, 0.2) is 16.9 Å². The molecule has 0 bridgehead atoms. The molecule has 0 N–H and O–H groups in total. The number of nitrogens with zero attached hydrogens (tertiary/aromatic N) is 5. The highest BCUT2D eigenvalue weighted by Gasteiger charge is 2.21. The molecule has 10 nitrogen and oxygen atoms in total. The van der Waals surface area contributed by atoms with Crippen LogP contribution in [0.4, 0.5) is 4.39 Å². The molecule has 0 saturated heterocycles. The summed E-state index contributed by atoms with van der Waals surface area (Å²) in [5.41, 5.74) is -0.731. The van der Waals surface area contributed by atoms with Crippen LogP contribution in [0.3, 0.4) is 0 Å². The van der Waals surface area contributed by atoms with Crippen molar-refractivity contribution in [3.63, 3.8) is 0 Å². The molecule has 0 aliphatic rings. The standard InChI is InChI=1S/C21H20FN5O5/c1-12(2)8-26-19(28)17-18(27(21(26)30)14-6-4-5-13(22)7-14)23-11-25(17)9-16-24-15(10-32-16)20(29)31-3/h4-7,10-12H,8-9H2,1-3H3. The highest BCUT2D eigenvalue weighted by Crippen LogP contribution is 2.16. The predicted octanol–water partition coefficient (Wildman–Crippen LogP) is 1.97. The summed E-state index contributed by atoms with van der Waals surface area (Å²) in [6, 6.07) is 5.49. The fraction of sp³-hybridized carbons (Fsp3) is 0.286. The molecule has 4 rings (SSSR count). The van der Waals surface area contributed by atoms with Crippen molar-refractivity contribution in [3.05, 3.63) is 75.1 Å². The van der Waals surface area contributed by atoms with E-state index in [0.29, 0.717) is 0 Å². The Morgan fingerprint density at radius 3 is 2.75 bits per heavy atom. The fourth-order valence-corrected chi connectivity index (χ4v) is 3.40. The van der Waals surface area contributed by atoms with E-state index in [4.69, 9.17) is 4.42 Å². The molecule has 0 saturated carbocycles. The molecule has 1 aromatic carbocycles. The van der Waals surface area contributed by atoms with E-state index in [1.54, 1.807) is 6.07 Å². The summed E-state index contributed by atoms with van der Waals surface area (Å²) in [5, 5.41) is 0. The van der Waals surface area contributed by atoms with Gasteiger partial charge in [0.1, 0.15) is 18.6 Å². The summed E-state index contributed by atoms with van der Waals surface area (Å²) in [5.74, 6) is -1.04. The lowest BCUT2D eigenvalue weighted by Gasteiger charge is -2.14. The summed E-state index contributed by atoms with van der Waals surface area (Å²) >= 11 is 0. The second-order valence-corrected chi connectivity index (χ2v) is 7.57. The molecule has 166 valence electrons. The van der Waals surface area contributed by atoms with E-state index in [0.717, 1.165) is 10.8 Å². The molecule has 0 fully saturated rings. The summed E-state index contributed by atoms with van der Waals surface area (Å²) in [6.45, 7) is 3.90. The molecule has 32 heavy (non-hydrogen) atoms. The van der Waals surface area contributed by atoms with Crippen LogP contribution in [-0.4, -0.2) is 36.7 Å². The first-order valence-electron chi connectivity index (χ1n) is 9.79. The van der Waals surface area contributed by atoms with Gasteiger partial charge < -0.3 is 13.7 Å². The first-order chi connectivity index (χ1) is 15.3. The SMILES string of the molecule is COC(=O)c1coc(Cn2cnc3c2c(=O)n(CC(C)C)c(=O)n3-c2cccc(F)c2)n1. The number of hydrogen-bond donors (Lipinski definition) is 0. The molecular formula is C21H20FN5O5. The second-order valence-electron chi connectivity index (χ2n) is 7.57. The normalized spacial score (nSPS) is 11.4. The number of carbonyl (C=O) groups excluding carboxylic acids is 1. The van der Waals surface area contributed by atoms with E-state index >= 15 is 0 Å². The van der Waals surface area contributed by atoms with E-state index in [1.165, 1.54) is 40.8 Å². The fourth-order valence-electron chi connectivity index (χ4n) is 3.40. The summed E-state index contributed by atoms with van der Waals surface area (Å²) in [4.78, 5) is 46.4. The minimum absolute atomic E-state index is 0.00420. The van der Waals surface area contributed by atoms with E-state index in [9.17, 15) is 18.8 Å². The van der Waals surface area contributed by atoms with Crippen molar-refractivity contribution in [1.29, 1.82) is 0 Å². The monoisotopic (exact) mass is 441 g/mol. The molecule has 0 radical (unpaired) electrons. The Hall–Kier alpha value is -4.02. The van der Waals surface area contributed by atoms with Gasteiger partial charge in [0.2, 0.25) is 5.89 Å². The molecule has 11 heteroatoms. The van der Waals surface area contributed by atoms with Gasteiger partial charge in [-0.25, -0.2) is 28.5 Å². The van der Waals surface area contributed by atoms with Crippen LogP contribution in [0, 0.1) is 11.7 Å². The molecule has 0 spiro atoms. The Morgan fingerprint density at radius 1 is 1.28 bits per heavy atom. The van der Waals surface area contributed by atoms with Crippen LogP contribution in [0.5, 0.6) is 0 Å². The molecule has 0 atom stereocenters. The molecule has 4 aromatic rings. The van der Waals surface area contributed by atoms with Crippen molar-refractivity contribution < 1.29 is 18.3 Å². The number of fused-ring (bicyclic) bond motifs is 1. The van der Waals surface area contributed by atoms with Crippen LogP contribution < -0.4 is 11.2 Å². The van der Waals surface area contributed by atoms with Gasteiger partial charge in [-0.1, -0.05) is 19.9 Å². The van der Waals surface area contributed by atoms with Gasteiger partial charge in [0.05, 0.1) is 19.1 Å². The summed E-state index contributed by atoms with van der Waals surface area (Å²) in [7, 11) is 1.23. The van der Waals surface area contributed by atoms with E-state index in [1.807, 2.05) is 13.8 Å². The Labute approximate surface area is 180 Å². The van der Waals surface area contributed by atoms with Crippen molar-refractivity contribution in [2.75, 3.05) is 7.11 Å². The molecule has 0 amide bonds. The van der Waals surface area contributed by atoms with Gasteiger partial charge in [-0.15, -0.1) is 0 Å². The minimum Gasteiger partial charge on any atom is -0.464 e. The zero-order chi connectivity index (χ0) is 23.0. The summed E-state index contributed by atoms with van der Waals surface area (Å²) in [6.07, 6.45) is 2.52. The molecule has 0 unspecified atom stereocenters. The third-order valence-corrected chi connectivity index (χ3v) is 4.77. The first-order valence-corrected chi connectivity index (χ1v) is 9.79. The number of methoxy groups -OCH3 is 1. The number of hydrogen-bond acceptors (Lipinski definition) is 7. The minimum atomic E-state index is -0.658. The van der Waals surface area contributed by atoms with Gasteiger partial charge in [0, 0.05) is 6.54 Å². The first kappa shape index (κ1) is 21.2. The van der Waals surface area contributed by atoms with E-state index in [2.05, 4.69) is 14.7 Å². The third-order valence-electron chi connectivity index (χ3n) is 4.77. The van der Waals surface area contributed by atoms with Crippen molar-refractivity contribution in [1.82, 2.24) is 23.7 Å². The van der Waals surface area contributed by atoms with Gasteiger partial charge >= 0.3 is 11.7 Å². The average molecular weight is 441 g/mol. The zero-order valence-electron chi connectivity index (χ0n) is 17.6. The third kappa shape index (κ3) is 3.72. The maximum Gasteiger partial charge on any atom is 0.360 e. The Morgan fingerprint density at radius 2 is 2.06 bits per heavy atom. The molecule has 3 aromatic heterocycles. The number of esters is 1. The van der Waals surface area contributed by atoms with Gasteiger partial charge in [-0.3, -0.25) is 9.36 Å². The van der Waals surface area contributed by atoms with Gasteiger partial charge in [-0.2, -0.15) is 0 Å². The van der Waals surface area contributed by atoms with E-state index < -0.39 is 23.0 Å². The highest BCUT2D eigenvalue weighted by atomic mass is 19.1. The molecular weight excluding hydrogens is 421 g/mol. The number of benzene rings is 1. The van der Waals surface area contributed by atoms with E-state index in [-0.39, 0.29) is 47.4 Å². The lowest BCUT2D eigenvalue weighted by molar-refractivity contribution is 0.0594. The topological polar surface area (TPSA) is 114 Å². The maximum atomic E-state index is 13.9. The lowest BCUT2D eigenvalue weighted by Crippen LogP contribution is -2.41. The number of ether oxygens (including phenoxy) is 1.